The van der Waals surface area contributed by atoms with Crippen molar-refractivity contribution < 1.29 is 19.0 Å². The van der Waals surface area contributed by atoms with Crippen LogP contribution in [0.4, 0.5) is 0 Å². The third kappa shape index (κ3) is 6.04. The predicted octanol–water partition coefficient (Wildman–Crippen LogP) is 4.69. The molecule has 0 aliphatic carbocycles. The van der Waals surface area contributed by atoms with Crippen molar-refractivity contribution in [1.82, 2.24) is 4.98 Å². The first kappa shape index (κ1) is 18.0. The van der Waals surface area contributed by atoms with Crippen LogP contribution in [0.25, 0.3) is 6.08 Å². The molecule has 1 aromatic carbocycles. The van der Waals surface area contributed by atoms with E-state index < -0.39 is 0 Å². The van der Waals surface area contributed by atoms with Gasteiger partial charge in [0.05, 0.1) is 11.0 Å². The Hall–Kier alpha value is -2.34. The lowest BCUT2D eigenvalue weighted by Gasteiger charge is -2.09. The van der Waals surface area contributed by atoms with Gasteiger partial charge in [0, 0.05) is 13.1 Å². The van der Waals surface area contributed by atoms with Gasteiger partial charge in [-0.1, -0.05) is 11.3 Å². The number of ether oxygens (including phenoxy) is 3. The lowest BCUT2D eigenvalue weighted by atomic mass is 10.3. The number of hydrogen-bond donors (Lipinski definition) is 0. The van der Waals surface area contributed by atoms with Gasteiger partial charge in [0.1, 0.15) is 17.6 Å². The topological polar surface area (TPSA) is 57.7 Å². The van der Waals surface area contributed by atoms with Crippen molar-refractivity contribution in [2.45, 2.75) is 39.9 Å². The molecule has 5 nitrogen and oxygen atoms in total. The quantitative estimate of drug-likeness (QED) is 0.680. The molecule has 2 rings (SSSR count). The van der Waals surface area contributed by atoms with Crippen LogP contribution in [-0.2, 0) is 9.53 Å². The lowest BCUT2D eigenvalue weighted by Crippen LogP contribution is -2.08. The molecular weight excluding hydrogens is 326 g/mol. The summed E-state index contributed by atoms with van der Waals surface area (Å²) in [6, 6.07) is 7.42. The second-order valence-corrected chi connectivity index (χ2v) is 6.47. The minimum atomic E-state index is -0.301. The van der Waals surface area contributed by atoms with E-state index in [0.717, 1.165) is 10.6 Å². The molecule has 0 radical (unpaired) electrons. The third-order valence-corrected chi connectivity index (χ3v) is 3.63. The first-order chi connectivity index (χ1) is 11.4. The number of carbonyl (C=O) groups excluding carboxylic acids is 1. The van der Waals surface area contributed by atoms with Gasteiger partial charge in [-0.25, -0.2) is 4.98 Å². The van der Waals surface area contributed by atoms with Gasteiger partial charge >= 0.3 is 5.97 Å². The molecule has 24 heavy (non-hydrogen) atoms. The van der Waals surface area contributed by atoms with Crippen molar-refractivity contribution in [3.05, 3.63) is 41.4 Å². The average Bonchev–Trinajstić information content (AvgIpc) is 2.93. The molecule has 2 aromatic rings. The van der Waals surface area contributed by atoms with Crippen LogP contribution in [0.15, 0.2) is 36.5 Å². The predicted molar refractivity (Wildman–Crippen MR) is 94.7 cm³/mol. The fourth-order valence-electron chi connectivity index (χ4n) is 1.88. The van der Waals surface area contributed by atoms with Crippen molar-refractivity contribution in [3.63, 3.8) is 0 Å². The summed E-state index contributed by atoms with van der Waals surface area (Å²) in [6.45, 7) is 7.16. The summed E-state index contributed by atoms with van der Waals surface area (Å²) in [5, 5.41) is 0.548. The SMILES string of the molecule is CC(=O)OC(C)/C=C/c1cnc(Oc2ccc(OC(C)C)cc2)s1. The maximum atomic E-state index is 10.9. The summed E-state index contributed by atoms with van der Waals surface area (Å²) in [5.74, 6) is 1.20. The minimum absolute atomic E-state index is 0.138. The Bertz CT molecular complexity index is 691. The molecule has 0 N–H and O–H groups in total. The van der Waals surface area contributed by atoms with Crippen molar-refractivity contribution in [2.24, 2.45) is 0 Å². The van der Waals surface area contributed by atoms with E-state index in [1.54, 1.807) is 19.2 Å². The number of esters is 1. The zero-order valence-corrected chi connectivity index (χ0v) is 15.0. The number of carbonyl (C=O) groups is 1. The van der Waals surface area contributed by atoms with E-state index in [4.69, 9.17) is 14.2 Å². The van der Waals surface area contributed by atoms with E-state index in [-0.39, 0.29) is 18.2 Å². The standard InChI is InChI=1S/C18H21NO4S/c1-12(2)21-15-6-8-16(9-7-15)23-18-19-11-17(24-18)10-5-13(3)22-14(4)20/h5-13H,1-4H3/b10-5+. The Labute approximate surface area is 145 Å². The van der Waals surface area contributed by atoms with Crippen LogP contribution in [-0.4, -0.2) is 23.2 Å². The van der Waals surface area contributed by atoms with Crippen LogP contribution in [0.3, 0.4) is 0 Å². The number of benzene rings is 1. The molecule has 0 spiro atoms. The Morgan fingerprint density at radius 3 is 2.46 bits per heavy atom. The lowest BCUT2D eigenvalue weighted by molar-refractivity contribution is -0.143. The zero-order valence-electron chi connectivity index (χ0n) is 14.2. The van der Waals surface area contributed by atoms with Crippen LogP contribution in [0, 0.1) is 0 Å². The maximum absolute atomic E-state index is 10.9. The second kappa shape index (κ2) is 8.49. The van der Waals surface area contributed by atoms with Crippen LogP contribution < -0.4 is 9.47 Å². The normalized spacial score (nSPS) is 12.4. The Morgan fingerprint density at radius 1 is 1.17 bits per heavy atom. The minimum Gasteiger partial charge on any atom is -0.491 e. The molecule has 1 heterocycles. The third-order valence-electron chi connectivity index (χ3n) is 2.79. The van der Waals surface area contributed by atoms with Crippen LogP contribution in [0.1, 0.15) is 32.6 Å². The Kier molecular flexibility index (Phi) is 6.37. The van der Waals surface area contributed by atoms with E-state index in [0.29, 0.717) is 10.9 Å². The number of thiazole rings is 1. The van der Waals surface area contributed by atoms with Gasteiger partial charge in [-0.05, 0) is 57.2 Å². The summed E-state index contributed by atoms with van der Waals surface area (Å²) >= 11 is 1.41. The van der Waals surface area contributed by atoms with Crippen molar-refractivity contribution in [3.8, 4) is 16.7 Å². The van der Waals surface area contributed by atoms with Gasteiger partial charge < -0.3 is 14.2 Å². The molecule has 0 aliphatic heterocycles. The van der Waals surface area contributed by atoms with Crippen molar-refractivity contribution in [1.29, 1.82) is 0 Å². The number of hydrogen-bond acceptors (Lipinski definition) is 6. The number of nitrogens with zero attached hydrogens (tertiary/aromatic N) is 1. The van der Waals surface area contributed by atoms with Gasteiger partial charge in [0.15, 0.2) is 0 Å². The molecular formula is C18H21NO4S. The Morgan fingerprint density at radius 2 is 1.83 bits per heavy atom. The van der Waals surface area contributed by atoms with Gasteiger partial charge in [-0.3, -0.25) is 4.79 Å². The highest BCUT2D eigenvalue weighted by Gasteiger charge is 2.05. The molecule has 0 saturated heterocycles. The smallest absolute Gasteiger partial charge is 0.303 e. The fraction of sp³-hybridized carbons (Fsp3) is 0.333. The monoisotopic (exact) mass is 347 g/mol. The summed E-state index contributed by atoms with van der Waals surface area (Å²) in [4.78, 5) is 16.0. The highest BCUT2D eigenvalue weighted by atomic mass is 32.1. The summed E-state index contributed by atoms with van der Waals surface area (Å²) in [5.41, 5.74) is 0. The number of rotatable bonds is 7. The molecule has 0 aliphatic rings. The molecule has 1 unspecified atom stereocenters. The summed E-state index contributed by atoms with van der Waals surface area (Å²) in [6.07, 6.45) is 5.24. The molecule has 0 bridgehead atoms. The highest BCUT2D eigenvalue weighted by molar-refractivity contribution is 7.14. The van der Waals surface area contributed by atoms with Gasteiger partial charge in [-0.15, -0.1) is 0 Å². The van der Waals surface area contributed by atoms with E-state index >= 15 is 0 Å². The fourth-order valence-corrected chi connectivity index (χ4v) is 2.58. The van der Waals surface area contributed by atoms with E-state index in [1.807, 2.05) is 44.2 Å². The molecule has 0 amide bonds. The maximum Gasteiger partial charge on any atom is 0.303 e. The van der Waals surface area contributed by atoms with Crippen LogP contribution >= 0.6 is 11.3 Å². The first-order valence-electron chi connectivity index (χ1n) is 7.68. The molecule has 0 saturated carbocycles. The highest BCUT2D eigenvalue weighted by Crippen LogP contribution is 2.28. The first-order valence-corrected chi connectivity index (χ1v) is 8.50. The van der Waals surface area contributed by atoms with Gasteiger partial charge in [-0.2, -0.15) is 0 Å². The second-order valence-electron chi connectivity index (χ2n) is 5.44. The van der Waals surface area contributed by atoms with E-state index in [9.17, 15) is 4.79 Å². The molecule has 6 heteroatoms. The zero-order chi connectivity index (χ0) is 17.5. The van der Waals surface area contributed by atoms with Crippen molar-refractivity contribution in [2.75, 3.05) is 0 Å². The molecule has 0 fully saturated rings. The van der Waals surface area contributed by atoms with Crippen molar-refractivity contribution >= 4 is 23.4 Å². The van der Waals surface area contributed by atoms with Crippen LogP contribution in [0.2, 0.25) is 0 Å². The average molecular weight is 347 g/mol. The molecule has 1 aromatic heterocycles. The number of aromatic nitrogens is 1. The van der Waals surface area contributed by atoms with E-state index in [2.05, 4.69) is 4.98 Å². The van der Waals surface area contributed by atoms with Crippen LogP contribution in [0.5, 0.6) is 16.7 Å². The Balaban J connectivity index is 1.93. The molecule has 128 valence electrons. The van der Waals surface area contributed by atoms with Gasteiger partial charge in [0.2, 0.25) is 0 Å². The van der Waals surface area contributed by atoms with E-state index in [1.165, 1.54) is 18.3 Å². The molecule has 1 atom stereocenters. The largest absolute Gasteiger partial charge is 0.491 e. The van der Waals surface area contributed by atoms with Gasteiger partial charge in [0.25, 0.3) is 5.19 Å². The summed E-state index contributed by atoms with van der Waals surface area (Å²) in [7, 11) is 0. The summed E-state index contributed by atoms with van der Waals surface area (Å²) < 4.78 is 16.3.